The highest BCUT2D eigenvalue weighted by Crippen LogP contribution is 2.24. The number of benzene rings is 2. The molecule has 0 unspecified atom stereocenters. The number of amides is 1. The van der Waals surface area contributed by atoms with Gasteiger partial charge in [0.1, 0.15) is 5.82 Å². The molecule has 0 aliphatic heterocycles. The molecule has 4 rings (SSSR count). The summed E-state index contributed by atoms with van der Waals surface area (Å²) in [4.78, 5) is 21.0. The van der Waals surface area contributed by atoms with E-state index < -0.39 is 10.0 Å². The van der Waals surface area contributed by atoms with Crippen LogP contribution in [0.4, 0.5) is 0 Å². The van der Waals surface area contributed by atoms with Gasteiger partial charge in [-0.05, 0) is 29.6 Å². The van der Waals surface area contributed by atoms with Crippen LogP contribution in [0.15, 0.2) is 70.9 Å². The summed E-state index contributed by atoms with van der Waals surface area (Å²) in [7, 11) is -2.43. The van der Waals surface area contributed by atoms with Crippen LogP contribution in [0.1, 0.15) is 4.88 Å². The minimum Gasteiger partial charge on any atom is -0.350 e. The van der Waals surface area contributed by atoms with E-state index in [4.69, 9.17) is 0 Å². The Balaban J connectivity index is 1.50. The Kier molecular flexibility index (Phi) is 5.67. The SMILES string of the molecule is CN(CC(=O)NCc1cccs1)S(=O)(=O)c1ccc2nc(-c3ccccc3)[nH]c2c1. The maximum absolute atomic E-state index is 12.9. The van der Waals surface area contributed by atoms with Gasteiger partial charge >= 0.3 is 0 Å². The van der Waals surface area contributed by atoms with Gasteiger partial charge in [-0.15, -0.1) is 11.3 Å². The molecule has 2 N–H and O–H groups in total. The van der Waals surface area contributed by atoms with Crippen molar-refractivity contribution in [3.8, 4) is 11.4 Å². The predicted molar refractivity (Wildman–Crippen MR) is 118 cm³/mol. The number of fused-ring (bicyclic) bond motifs is 1. The number of nitrogens with one attached hydrogen (secondary N) is 2. The molecule has 154 valence electrons. The third kappa shape index (κ3) is 4.28. The fourth-order valence-electron chi connectivity index (χ4n) is 3.00. The van der Waals surface area contributed by atoms with Gasteiger partial charge in [0.25, 0.3) is 0 Å². The number of sulfonamides is 1. The number of likely N-dealkylation sites (N-methyl/N-ethyl adjacent to an activating group) is 1. The number of carbonyl (C=O) groups excluding carboxylic acids is 1. The Morgan fingerprint density at radius 1 is 1.13 bits per heavy atom. The molecule has 0 aliphatic rings. The van der Waals surface area contributed by atoms with E-state index in [0.29, 0.717) is 23.4 Å². The maximum atomic E-state index is 12.9. The number of nitrogens with zero attached hydrogens (tertiary/aromatic N) is 2. The van der Waals surface area contributed by atoms with E-state index in [1.54, 1.807) is 12.1 Å². The summed E-state index contributed by atoms with van der Waals surface area (Å²) in [5, 5.41) is 4.66. The van der Waals surface area contributed by atoms with Gasteiger partial charge in [-0.1, -0.05) is 36.4 Å². The lowest BCUT2D eigenvalue weighted by molar-refractivity contribution is -0.121. The molecule has 9 heteroatoms. The number of hydrogen-bond acceptors (Lipinski definition) is 5. The summed E-state index contributed by atoms with van der Waals surface area (Å²) >= 11 is 1.53. The van der Waals surface area contributed by atoms with Crippen molar-refractivity contribution in [2.75, 3.05) is 13.6 Å². The Bertz CT molecular complexity index is 1270. The van der Waals surface area contributed by atoms with Crippen LogP contribution in [0, 0.1) is 0 Å². The van der Waals surface area contributed by atoms with Gasteiger partial charge in [0.05, 0.1) is 29.0 Å². The molecule has 2 aromatic heterocycles. The van der Waals surface area contributed by atoms with Gasteiger partial charge in [-0.25, -0.2) is 13.4 Å². The van der Waals surface area contributed by atoms with Crippen LogP contribution in [0.3, 0.4) is 0 Å². The second kappa shape index (κ2) is 8.39. The average molecular weight is 441 g/mol. The molecule has 7 nitrogen and oxygen atoms in total. The van der Waals surface area contributed by atoms with Gasteiger partial charge in [-0.2, -0.15) is 4.31 Å². The zero-order valence-corrected chi connectivity index (χ0v) is 17.8. The minimum absolute atomic E-state index is 0.104. The number of thiophene rings is 1. The van der Waals surface area contributed by atoms with Crippen molar-refractivity contribution in [2.45, 2.75) is 11.4 Å². The molecule has 2 heterocycles. The van der Waals surface area contributed by atoms with Gasteiger partial charge in [0.2, 0.25) is 15.9 Å². The van der Waals surface area contributed by atoms with E-state index in [-0.39, 0.29) is 17.3 Å². The first kappa shape index (κ1) is 20.3. The molecule has 0 bridgehead atoms. The average Bonchev–Trinajstić information content (AvgIpc) is 3.42. The number of rotatable bonds is 7. The number of imidazole rings is 1. The zero-order valence-electron chi connectivity index (χ0n) is 16.2. The standard InChI is InChI=1S/C21H20N4O3S2/c1-25(14-20(26)22-13-16-8-5-11-29-16)30(27,28)17-9-10-18-19(12-17)24-21(23-18)15-6-3-2-4-7-15/h2-12H,13-14H2,1H3,(H,22,26)(H,23,24). The van der Waals surface area contributed by atoms with Crippen molar-refractivity contribution in [3.05, 3.63) is 70.9 Å². The summed E-state index contributed by atoms with van der Waals surface area (Å²) in [5.41, 5.74) is 2.20. The largest absolute Gasteiger partial charge is 0.350 e. The van der Waals surface area contributed by atoms with Crippen molar-refractivity contribution < 1.29 is 13.2 Å². The first-order valence-corrected chi connectivity index (χ1v) is 11.6. The van der Waals surface area contributed by atoms with E-state index in [0.717, 1.165) is 14.7 Å². The van der Waals surface area contributed by atoms with E-state index in [1.165, 1.54) is 24.5 Å². The number of aromatic nitrogens is 2. The highest BCUT2D eigenvalue weighted by molar-refractivity contribution is 7.89. The van der Waals surface area contributed by atoms with Crippen molar-refractivity contribution in [2.24, 2.45) is 0 Å². The van der Waals surface area contributed by atoms with E-state index >= 15 is 0 Å². The smallest absolute Gasteiger partial charge is 0.243 e. The number of H-pyrrole nitrogens is 1. The van der Waals surface area contributed by atoms with Gasteiger partial charge in [0.15, 0.2) is 0 Å². The lowest BCUT2D eigenvalue weighted by Gasteiger charge is -2.16. The summed E-state index contributed by atoms with van der Waals surface area (Å²) in [6.07, 6.45) is 0. The molecule has 0 atom stereocenters. The Morgan fingerprint density at radius 3 is 2.67 bits per heavy atom. The van der Waals surface area contributed by atoms with Gasteiger partial charge in [0, 0.05) is 17.5 Å². The molecule has 2 aromatic carbocycles. The normalized spacial score (nSPS) is 11.8. The molecule has 0 aliphatic carbocycles. The highest BCUT2D eigenvalue weighted by atomic mass is 32.2. The predicted octanol–water partition coefficient (Wildman–Crippen LogP) is 3.23. The first-order valence-electron chi connectivity index (χ1n) is 9.24. The molecule has 0 spiro atoms. The molecule has 0 radical (unpaired) electrons. The van der Waals surface area contributed by atoms with Crippen molar-refractivity contribution in [1.82, 2.24) is 19.6 Å². The van der Waals surface area contributed by atoms with Crippen LogP contribution in [0.25, 0.3) is 22.4 Å². The van der Waals surface area contributed by atoms with Gasteiger partial charge in [-0.3, -0.25) is 4.79 Å². The fraction of sp³-hybridized carbons (Fsp3) is 0.143. The molecular formula is C21H20N4O3S2. The Labute approximate surface area is 178 Å². The maximum Gasteiger partial charge on any atom is 0.243 e. The van der Waals surface area contributed by atoms with Crippen molar-refractivity contribution in [1.29, 1.82) is 0 Å². The molecule has 1 amide bonds. The monoisotopic (exact) mass is 440 g/mol. The lowest BCUT2D eigenvalue weighted by atomic mass is 10.2. The number of aromatic amines is 1. The summed E-state index contributed by atoms with van der Waals surface area (Å²) in [5.74, 6) is 0.310. The molecule has 0 fully saturated rings. The Hall–Kier alpha value is -3.01. The van der Waals surface area contributed by atoms with Gasteiger partial charge < -0.3 is 10.3 Å². The van der Waals surface area contributed by atoms with E-state index in [1.807, 2.05) is 47.8 Å². The molecule has 4 aromatic rings. The van der Waals surface area contributed by atoms with Crippen LogP contribution in [-0.4, -0.2) is 42.2 Å². The summed E-state index contributed by atoms with van der Waals surface area (Å²) in [6.45, 7) is 0.122. The van der Waals surface area contributed by atoms with Crippen molar-refractivity contribution >= 4 is 38.3 Å². The zero-order chi connectivity index (χ0) is 21.1. The van der Waals surface area contributed by atoms with Crippen molar-refractivity contribution in [3.63, 3.8) is 0 Å². The molecular weight excluding hydrogens is 420 g/mol. The third-order valence-electron chi connectivity index (χ3n) is 4.61. The number of carbonyl (C=O) groups is 1. The summed E-state index contributed by atoms with van der Waals surface area (Å²) < 4.78 is 26.9. The topological polar surface area (TPSA) is 95.2 Å². The van der Waals surface area contributed by atoms with Crippen LogP contribution < -0.4 is 5.32 Å². The summed E-state index contributed by atoms with van der Waals surface area (Å²) in [6, 6.07) is 18.1. The molecule has 30 heavy (non-hydrogen) atoms. The lowest BCUT2D eigenvalue weighted by Crippen LogP contribution is -2.38. The number of hydrogen-bond donors (Lipinski definition) is 2. The molecule has 0 saturated carbocycles. The molecule has 0 saturated heterocycles. The van der Waals surface area contributed by atoms with E-state index in [9.17, 15) is 13.2 Å². The minimum atomic E-state index is -3.83. The van der Waals surface area contributed by atoms with Crippen LogP contribution >= 0.6 is 11.3 Å². The highest BCUT2D eigenvalue weighted by Gasteiger charge is 2.23. The first-order chi connectivity index (χ1) is 14.4. The van der Waals surface area contributed by atoms with Crippen LogP contribution in [-0.2, 0) is 21.4 Å². The second-order valence-electron chi connectivity index (χ2n) is 6.75. The third-order valence-corrected chi connectivity index (χ3v) is 7.29. The fourth-order valence-corrected chi connectivity index (χ4v) is 4.80. The second-order valence-corrected chi connectivity index (χ2v) is 9.82. The van der Waals surface area contributed by atoms with Crippen LogP contribution in [0.5, 0.6) is 0 Å². The van der Waals surface area contributed by atoms with Crippen LogP contribution in [0.2, 0.25) is 0 Å². The Morgan fingerprint density at radius 2 is 1.93 bits per heavy atom. The quantitative estimate of drug-likeness (QED) is 0.461. The van der Waals surface area contributed by atoms with E-state index in [2.05, 4.69) is 15.3 Å².